The Bertz CT molecular complexity index is 2280. The van der Waals surface area contributed by atoms with Gasteiger partial charge in [-0.3, -0.25) is 24.6 Å². The number of nitrogens with one attached hydrogen (secondary N) is 2. The standard InChI is InChI=1S/C43H47N7O6S/c1-46(2)31-41(33-14-8-5-9-15-33)47(3)42(51)29-44-39-23-22-37(28-40(39)50(53)54)57(55,56)45-43(52)34-18-20-36(21-19-34)49-26-24-48(25-27-49)30-35-16-10-11-17-38(35)32-12-6-4-7-13-32/h4-23,28,41,44H,24-27,29-31H2,1-3H3,(H,45,52). The highest BCUT2D eigenvalue weighted by Crippen LogP contribution is 2.29. The molecule has 1 fully saturated rings. The Hall–Kier alpha value is -6.09. The number of hydrogen-bond donors (Lipinski definition) is 2. The van der Waals surface area contributed by atoms with E-state index in [4.69, 9.17) is 0 Å². The van der Waals surface area contributed by atoms with E-state index in [0.29, 0.717) is 6.54 Å². The minimum absolute atomic E-state index is 0.0377. The molecular weight excluding hydrogens is 743 g/mol. The van der Waals surface area contributed by atoms with Gasteiger partial charge in [-0.05, 0) is 72.7 Å². The number of likely N-dealkylation sites (N-methyl/N-ethyl adjacent to an activating group) is 2. The summed E-state index contributed by atoms with van der Waals surface area (Å²) in [6.45, 7) is 4.38. The van der Waals surface area contributed by atoms with Crippen molar-refractivity contribution in [3.63, 3.8) is 0 Å². The van der Waals surface area contributed by atoms with Crippen molar-refractivity contribution in [1.29, 1.82) is 0 Å². The fourth-order valence-electron chi connectivity index (χ4n) is 6.95. The summed E-state index contributed by atoms with van der Waals surface area (Å²) in [6, 6.07) is 38.0. The molecule has 5 aromatic carbocycles. The van der Waals surface area contributed by atoms with Crippen LogP contribution in [-0.2, 0) is 21.4 Å². The van der Waals surface area contributed by atoms with E-state index in [0.717, 1.165) is 56.1 Å². The zero-order valence-electron chi connectivity index (χ0n) is 32.2. The molecule has 13 nitrogen and oxygen atoms in total. The Labute approximate surface area is 333 Å². The number of hydrogen-bond acceptors (Lipinski definition) is 10. The van der Waals surface area contributed by atoms with Gasteiger partial charge in [0.2, 0.25) is 5.91 Å². The zero-order chi connectivity index (χ0) is 40.5. The van der Waals surface area contributed by atoms with Crippen molar-refractivity contribution in [2.24, 2.45) is 0 Å². The van der Waals surface area contributed by atoms with Crippen LogP contribution in [-0.4, -0.2) is 100 Å². The first kappa shape index (κ1) is 40.6. The lowest BCUT2D eigenvalue weighted by molar-refractivity contribution is -0.384. The van der Waals surface area contributed by atoms with Crippen LogP contribution in [0, 0.1) is 10.1 Å². The van der Waals surface area contributed by atoms with Crippen molar-refractivity contribution >= 4 is 38.9 Å². The lowest BCUT2D eigenvalue weighted by Crippen LogP contribution is -2.46. The maximum absolute atomic E-state index is 13.3. The largest absolute Gasteiger partial charge is 0.371 e. The number of carbonyl (C=O) groups excluding carboxylic acids is 2. The fraction of sp³-hybridized carbons (Fsp3) is 0.256. The lowest BCUT2D eigenvalue weighted by Gasteiger charge is -2.36. The number of nitro benzene ring substituents is 1. The number of carbonyl (C=O) groups is 2. The Morgan fingerprint density at radius 3 is 2.09 bits per heavy atom. The maximum Gasteiger partial charge on any atom is 0.293 e. The summed E-state index contributed by atoms with van der Waals surface area (Å²) in [6.07, 6.45) is 0. The minimum Gasteiger partial charge on any atom is -0.371 e. The van der Waals surface area contributed by atoms with Gasteiger partial charge in [-0.25, -0.2) is 13.1 Å². The molecule has 0 radical (unpaired) electrons. The molecule has 2 amide bonds. The number of anilines is 2. The Morgan fingerprint density at radius 2 is 1.44 bits per heavy atom. The van der Waals surface area contributed by atoms with Crippen LogP contribution in [0.4, 0.5) is 17.1 Å². The van der Waals surface area contributed by atoms with Crippen molar-refractivity contribution < 1.29 is 22.9 Å². The number of nitro groups is 1. The van der Waals surface area contributed by atoms with Gasteiger partial charge in [-0.15, -0.1) is 0 Å². The topological polar surface area (TPSA) is 148 Å². The van der Waals surface area contributed by atoms with Crippen molar-refractivity contribution in [1.82, 2.24) is 19.4 Å². The number of amides is 2. The van der Waals surface area contributed by atoms with Gasteiger partial charge in [0.05, 0.1) is 22.4 Å². The van der Waals surface area contributed by atoms with Crippen LogP contribution in [0.3, 0.4) is 0 Å². The molecular formula is C43H47N7O6S. The van der Waals surface area contributed by atoms with Crippen molar-refractivity contribution in [3.05, 3.63) is 154 Å². The van der Waals surface area contributed by atoms with Gasteiger partial charge in [0.15, 0.2) is 0 Å². The second-order valence-corrected chi connectivity index (χ2v) is 15.9. The van der Waals surface area contributed by atoms with E-state index in [2.05, 4.69) is 51.5 Å². The fourth-order valence-corrected chi connectivity index (χ4v) is 7.94. The molecule has 5 aromatic rings. The molecule has 1 aliphatic heterocycles. The van der Waals surface area contributed by atoms with Crippen LogP contribution in [0.25, 0.3) is 11.1 Å². The Morgan fingerprint density at radius 1 is 0.807 bits per heavy atom. The Balaban J connectivity index is 1.04. The molecule has 0 saturated carbocycles. The van der Waals surface area contributed by atoms with Gasteiger partial charge in [-0.1, -0.05) is 84.9 Å². The van der Waals surface area contributed by atoms with Crippen LogP contribution in [0.1, 0.15) is 27.5 Å². The quantitative estimate of drug-likeness (QED) is 0.0974. The van der Waals surface area contributed by atoms with E-state index in [1.54, 1.807) is 36.2 Å². The highest BCUT2D eigenvalue weighted by molar-refractivity contribution is 7.90. The average molecular weight is 790 g/mol. The predicted octanol–water partition coefficient (Wildman–Crippen LogP) is 5.88. The van der Waals surface area contributed by atoms with E-state index >= 15 is 0 Å². The Kier molecular flexibility index (Phi) is 13.0. The number of rotatable bonds is 15. The predicted molar refractivity (Wildman–Crippen MR) is 223 cm³/mol. The highest BCUT2D eigenvalue weighted by Gasteiger charge is 2.27. The molecule has 1 atom stereocenters. The van der Waals surface area contributed by atoms with Crippen molar-refractivity contribution in [3.8, 4) is 11.1 Å². The molecule has 14 heteroatoms. The molecule has 0 bridgehead atoms. The molecule has 1 aliphatic rings. The van der Waals surface area contributed by atoms with Crippen molar-refractivity contribution in [2.75, 3.05) is 70.6 Å². The first-order valence-corrected chi connectivity index (χ1v) is 20.1. The minimum atomic E-state index is -4.49. The first-order valence-electron chi connectivity index (χ1n) is 18.6. The van der Waals surface area contributed by atoms with Crippen LogP contribution in [0.2, 0.25) is 0 Å². The molecule has 6 rings (SSSR count). The molecule has 1 unspecified atom stereocenters. The number of benzene rings is 5. The van der Waals surface area contributed by atoms with Gasteiger partial charge in [0.25, 0.3) is 21.6 Å². The highest BCUT2D eigenvalue weighted by atomic mass is 32.2. The summed E-state index contributed by atoms with van der Waals surface area (Å²) < 4.78 is 28.6. The SMILES string of the molecule is CN(C)CC(c1ccccc1)N(C)C(=O)CNc1ccc(S(=O)(=O)NC(=O)c2ccc(N3CCN(Cc4ccccc4-c4ccccc4)CC3)cc2)cc1[N+](=O)[O-]. The van der Waals surface area contributed by atoms with Gasteiger partial charge < -0.3 is 20.0 Å². The van der Waals surface area contributed by atoms with E-state index < -0.39 is 31.4 Å². The first-order chi connectivity index (χ1) is 27.4. The third-order valence-electron chi connectivity index (χ3n) is 10.1. The van der Waals surface area contributed by atoms with Crippen molar-refractivity contribution in [2.45, 2.75) is 17.5 Å². The second-order valence-electron chi connectivity index (χ2n) is 14.3. The molecule has 0 aliphatic carbocycles. The molecule has 2 N–H and O–H groups in total. The lowest BCUT2D eigenvalue weighted by atomic mass is 9.99. The average Bonchev–Trinajstić information content (AvgIpc) is 3.22. The van der Waals surface area contributed by atoms with E-state index in [1.807, 2.05) is 72.2 Å². The molecule has 1 heterocycles. The maximum atomic E-state index is 13.3. The number of sulfonamides is 1. The summed E-state index contributed by atoms with van der Waals surface area (Å²) in [5.74, 6) is -1.19. The van der Waals surface area contributed by atoms with E-state index in [-0.39, 0.29) is 29.7 Å². The summed E-state index contributed by atoms with van der Waals surface area (Å²) in [5, 5.41) is 14.8. The summed E-state index contributed by atoms with van der Waals surface area (Å²) in [7, 11) is 0.986. The van der Waals surface area contributed by atoms with Crippen LogP contribution >= 0.6 is 0 Å². The molecule has 0 aromatic heterocycles. The monoisotopic (exact) mass is 789 g/mol. The number of piperazine rings is 1. The van der Waals surface area contributed by atoms with Gasteiger partial charge in [0, 0.05) is 63.6 Å². The van der Waals surface area contributed by atoms with Crippen LogP contribution in [0.5, 0.6) is 0 Å². The third kappa shape index (κ3) is 10.2. The van der Waals surface area contributed by atoms with E-state index in [1.165, 1.54) is 22.8 Å². The molecule has 296 valence electrons. The summed E-state index contributed by atoms with van der Waals surface area (Å²) in [5.41, 5.74) is 5.07. The molecule has 57 heavy (non-hydrogen) atoms. The summed E-state index contributed by atoms with van der Waals surface area (Å²) in [4.78, 5) is 45.4. The summed E-state index contributed by atoms with van der Waals surface area (Å²) >= 11 is 0. The van der Waals surface area contributed by atoms with E-state index in [9.17, 15) is 28.1 Å². The molecule has 0 spiro atoms. The zero-order valence-corrected chi connectivity index (χ0v) is 33.1. The second kappa shape index (κ2) is 18.2. The number of nitrogens with zero attached hydrogens (tertiary/aromatic N) is 5. The normalized spacial score (nSPS) is 13.9. The van der Waals surface area contributed by atoms with Gasteiger partial charge >= 0.3 is 0 Å². The van der Waals surface area contributed by atoms with Crippen LogP contribution in [0.15, 0.2) is 132 Å². The van der Waals surface area contributed by atoms with Gasteiger partial charge in [0.1, 0.15) is 5.69 Å². The van der Waals surface area contributed by atoms with Gasteiger partial charge in [-0.2, -0.15) is 0 Å². The van der Waals surface area contributed by atoms with Crippen LogP contribution < -0.4 is 14.9 Å². The molecule has 1 saturated heterocycles. The smallest absolute Gasteiger partial charge is 0.293 e. The third-order valence-corrected chi connectivity index (χ3v) is 11.4.